The van der Waals surface area contributed by atoms with Crippen molar-refractivity contribution in [1.82, 2.24) is 0 Å². The summed E-state index contributed by atoms with van der Waals surface area (Å²) in [5.41, 5.74) is 0. The summed E-state index contributed by atoms with van der Waals surface area (Å²) in [4.78, 5) is 27.8. The third-order valence-electron chi connectivity index (χ3n) is 1.77. The number of hydrogen-bond donors (Lipinski definition) is 0. The minimum Gasteiger partial charge on any atom is -0.378 e. The lowest BCUT2D eigenvalue weighted by atomic mass is 10.2. The quantitative estimate of drug-likeness (QED) is 0.427. The molecule has 2 atom stereocenters. The van der Waals surface area contributed by atoms with Crippen LogP contribution >= 0.6 is 0 Å². The first-order chi connectivity index (χ1) is 9.44. The van der Waals surface area contributed by atoms with E-state index in [0.29, 0.717) is 12.6 Å². The van der Waals surface area contributed by atoms with Crippen LogP contribution in [0.15, 0.2) is 38.0 Å². The summed E-state index contributed by atoms with van der Waals surface area (Å²) in [5.74, 6) is 0.255. The van der Waals surface area contributed by atoms with E-state index in [-0.39, 0.29) is 12.0 Å². The highest BCUT2D eigenvalue weighted by Crippen LogP contribution is 1.91. The highest BCUT2D eigenvalue weighted by atomic mass is 16.5. The van der Waals surface area contributed by atoms with Gasteiger partial charge >= 0.3 is 0 Å². The largest absolute Gasteiger partial charge is 0.378 e. The van der Waals surface area contributed by atoms with E-state index in [1.54, 1.807) is 13.2 Å². The summed E-state index contributed by atoms with van der Waals surface area (Å²) < 4.78 is 4.78. The lowest BCUT2D eigenvalue weighted by Gasteiger charge is -1.97. The van der Waals surface area contributed by atoms with E-state index in [4.69, 9.17) is 14.3 Å². The van der Waals surface area contributed by atoms with E-state index in [9.17, 15) is 4.79 Å². The van der Waals surface area contributed by atoms with Gasteiger partial charge in [-0.25, -0.2) is 0 Å². The molecule has 0 radical (unpaired) electrons. The number of carbonyl (C=O) groups is 3. The molecule has 0 aliphatic carbocycles. The fourth-order valence-electron chi connectivity index (χ4n) is 0.192. The predicted octanol–water partition coefficient (Wildman–Crippen LogP) is 3.18. The highest BCUT2D eigenvalue weighted by molar-refractivity contribution is 5.63. The van der Waals surface area contributed by atoms with Gasteiger partial charge in [-0.3, -0.25) is 9.59 Å². The number of methoxy groups -OCH3 is 1. The van der Waals surface area contributed by atoms with Gasteiger partial charge in [0.25, 0.3) is 0 Å². The second-order valence-electron chi connectivity index (χ2n) is 3.44. The van der Waals surface area contributed by atoms with Crippen molar-refractivity contribution in [3.8, 4) is 0 Å². The molecular formula is C16H28O4. The Hall–Kier alpha value is -1.81. The van der Waals surface area contributed by atoms with Crippen molar-refractivity contribution >= 4 is 18.9 Å². The van der Waals surface area contributed by atoms with Crippen LogP contribution in [0.2, 0.25) is 0 Å². The van der Waals surface area contributed by atoms with Crippen molar-refractivity contribution in [3.05, 3.63) is 38.0 Å². The van der Waals surface area contributed by atoms with Crippen LogP contribution < -0.4 is 0 Å². The van der Waals surface area contributed by atoms with Crippen molar-refractivity contribution in [2.24, 2.45) is 5.92 Å². The van der Waals surface area contributed by atoms with Crippen LogP contribution in [0.1, 0.15) is 27.2 Å². The summed E-state index contributed by atoms with van der Waals surface area (Å²) in [6.45, 7) is 15.6. The molecule has 0 aromatic carbocycles. The summed E-state index contributed by atoms with van der Waals surface area (Å²) in [7, 11) is 1.66. The van der Waals surface area contributed by atoms with Gasteiger partial charge in [0.15, 0.2) is 0 Å². The molecule has 4 heteroatoms. The van der Waals surface area contributed by atoms with E-state index in [1.807, 2.05) is 20.8 Å². The zero-order valence-electron chi connectivity index (χ0n) is 13.1. The Morgan fingerprint density at radius 1 is 1.00 bits per heavy atom. The first kappa shape index (κ1) is 26.7. The Balaban J connectivity index is -0.0000000871. The standard InChI is InChI=1S/2C5H10O.2C3H4O/c1-4-5(2)6-3;1-3-5(2)4-6;2*1-2-3-4/h4-5H,1H2,2-3H3;4-5H,3H2,1-2H3;2*2-3H,1H2. The Morgan fingerprint density at radius 3 is 1.35 bits per heavy atom. The molecule has 0 spiro atoms. The van der Waals surface area contributed by atoms with Gasteiger partial charge in [-0.2, -0.15) is 0 Å². The Bertz CT molecular complexity index is 209. The molecule has 0 heterocycles. The van der Waals surface area contributed by atoms with Crippen molar-refractivity contribution in [3.63, 3.8) is 0 Å². The number of ether oxygens (including phenoxy) is 1. The van der Waals surface area contributed by atoms with Crippen molar-refractivity contribution in [2.45, 2.75) is 33.3 Å². The molecule has 0 saturated heterocycles. The smallest absolute Gasteiger partial charge is 0.142 e. The summed E-state index contributed by atoms with van der Waals surface area (Å²) >= 11 is 0. The molecule has 4 nitrogen and oxygen atoms in total. The van der Waals surface area contributed by atoms with E-state index in [0.717, 1.165) is 12.7 Å². The third-order valence-corrected chi connectivity index (χ3v) is 1.77. The monoisotopic (exact) mass is 284 g/mol. The fraction of sp³-hybridized carbons (Fsp3) is 0.438. The Labute approximate surface area is 123 Å². The normalized spacial score (nSPS) is 10.2. The maximum Gasteiger partial charge on any atom is 0.142 e. The van der Waals surface area contributed by atoms with Crippen LogP contribution in [0.25, 0.3) is 0 Å². The van der Waals surface area contributed by atoms with E-state index >= 15 is 0 Å². The van der Waals surface area contributed by atoms with Crippen LogP contribution in [0.5, 0.6) is 0 Å². The summed E-state index contributed by atoms with van der Waals surface area (Å²) in [6, 6.07) is 0. The lowest BCUT2D eigenvalue weighted by Crippen LogP contribution is -1.96. The van der Waals surface area contributed by atoms with Gasteiger partial charge in [-0.05, 0) is 25.5 Å². The highest BCUT2D eigenvalue weighted by Gasteiger charge is 1.89. The zero-order chi connectivity index (χ0) is 16.8. The number of hydrogen-bond acceptors (Lipinski definition) is 4. The van der Waals surface area contributed by atoms with Crippen LogP contribution in [0, 0.1) is 5.92 Å². The predicted molar refractivity (Wildman–Crippen MR) is 84.7 cm³/mol. The fourth-order valence-corrected chi connectivity index (χ4v) is 0.192. The second-order valence-corrected chi connectivity index (χ2v) is 3.44. The van der Waals surface area contributed by atoms with Crippen LogP contribution in [0.3, 0.4) is 0 Å². The zero-order valence-corrected chi connectivity index (χ0v) is 13.1. The average Bonchev–Trinajstić information content (AvgIpc) is 2.53. The number of aldehydes is 3. The topological polar surface area (TPSA) is 60.4 Å². The average molecular weight is 284 g/mol. The maximum absolute atomic E-state index is 9.74. The molecule has 20 heavy (non-hydrogen) atoms. The van der Waals surface area contributed by atoms with Crippen molar-refractivity contribution in [1.29, 1.82) is 0 Å². The van der Waals surface area contributed by atoms with Gasteiger partial charge in [-0.15, -0.1) is 6.58 Å². The van der Waals surface area contributed by atoms with Crippen molar-refractivity contribution in [2.75, 3.05) is 7.11 Å². The summed E-state index contributed by atoms with van der Waals surface area (Å²) in [5, 5.41) is 0. The Kier molecular flexibility index (Phi) is 40.5. The minimum absolute atomic E-state index is 0.199. The minimum atomic E-state index is 0.199. The summed E-state index contributed by atoms with van der Waals surface area (Å²) in [6.07, 6.45) is 7.55. The molecule has 0 aliphatic heterocycles. The first-order valence-corrected chi connectivity index (χ1v) is 6.18. The molecule has 0 fully saturated rings. The molecular weight excluding hydrogens is 256 g/mol. The van der Waals surface area contributed by atoms with E-state index < -0.39 is 0 Å². The van der Waals surface area contributed by atoms with Crippen LogP contribution in [-0.4, -0.2) is 32.1 Å². The van der Waals surface area contributed by atoms with Gasteiger partial charge in [-0.1, -0.05) is 33.1 Å². The second kappa shape index (κ2) is 30.3. The van der Waals surface area contributed by atoms with E-state index in [2.05, 4.69) is 19.7 Å². The van der Waals surface area contributed by atoms with Crippen LogP contribution in [-0.2, 0) is 19.1 Å². The molecule has 0 rings (SSSR count). The molecule has 0 amide bonds. The van der Waals surface area contributed by atoms with Gasteiger partial charge in [0.1, 0.15) is 18.9 Å². The number of rotatable bonds is 6. The molecule has 0 bridgehead atoms. The number of carbonyl (C=O) groups excluding carboxylic acids is 3. The van der Waals surface area contributed by atoms with Gasteiger partial charge in [0, 0.05) is 13.0 Å². The molecule has 116 valence electrons. The molecule has 0 N–H and O–H groups in total. The van der Waals surface area contributed by atoms with E-state index in [1.165, 1.54) is 12.2 Å². The van der Waals surface area contributed by atoms with Crippen LogP contribution in [0.4, 0.5) is 0 Å². The third kappa shape index (κ3) is 55.7. The van der Waals surface area contributed by atoms with Gasteiger partial charge < -0.3 is 9.53 Å². The van der Waals surface area contributed by atoms with Crippen molar-refractivity contribution < 1.29 is 19.1 Å². The maximum atomic E-state index is 9.74. The molecule has 0 saturated carbocycles. The lowest BCUT2D eigenvalue weighted by molar-refractivity contribution is -0.110. The number of allylic oxidation sites excluding steroid dienone is 2. The van der Waals surface area contributed by atoms with Gasteiger partial charge in [0.2, 0.25) is 0 Å². The molecule has 2 unspecified atom stereocenters. The molecule has 0 aliphatic rings. The van der Waals surface area contributed by atoms with Gasteiger partial charge in [0.05, 0.1) is 6.10 Å². The first-order valence-electron chi connectivity index (χ1n) is 6.18. The SMILES string of the molecule is C=CC(C)OC.C=CC=O.C=CC=O.CCC(C)C=O. The Morgan fingerprint density at radius 2 is 1.35 bits per heavy atom. The molecule has 0 aromatic rings. The molecule has 0 aromatic heterocycles.